The molecule has 0 radical (unpaired) electrons. The molecule has 0 rings (SSSR count). The lowest BCUT2D eigenvalue weighted by atomic mass is 10.0. The Balaban J connectivity index is 4.27. The summed E-state index contributed by atoms with van der Waals surface area (Å²) in [5.74, 6) is -0.399. The number of hydrogen-bond acceptors (Lipinski definition) is 5. The van der Waals surface area contributed by atoms with Gasteiger partial charge in [0.25, 0.3) is 0 Å². The van der Waals surface area contributed by atoms with E-state index in [2.05, 4.69) is 93.7 Å². The zero-order valence-corrected chi connectivity index (χ0v) is 46.8. The monoisotopic (exact) mass is 977 g/mol. The first-order valence-corrected chi connectivity index (χ1v) is 30.5. The van der Waals surface area contributed by atoms with E-state index in [9.17, 15) is 9.59 Å². The lowest BCUT2D eigenvalue weighted by Gasteiger charge is -2.18. The molecule has 0 N–H and O–H groups in total. The molecule has 5 heteroatoms. The Hall–Kier alpha value is -2.66. The highest BCUT2D eigenvalue weighted by atomic mass is 16.6. The van der Waals surface area contributed by atoms with Crippen LogP contribution in [0.5, 0.6) is 0 Å². The topological polar surface area (TPSA) is 61.8 Å². The minimum Gasteiger partial charge on any atom is -0.462 e. The maximum atomic E-state index is 12.9. The number of unbranched alkanes of at least 4 members (excludes halogenated alkanes) is 33. The molecular weight excluding hydrogens is 861 g/mol. The van der Waals surface area contributed by atoms with Crippen LogP contribution in [0.4, 0.5) is 0 Å². The van der Waals surface area contributed by atoms with E-state index in [1.165, 1.54) is 180 Å². The van der Waals surface area contributed by atoms with Crippen molar-refractivity contribution >= 4 is 11.9 Å². The van der Waals surface area contributed by atoms with Gasteiger partial charge in [0.15, 0.2) is 6.10 Å². The van der Waals surface area contributed by atoms with Crippen molar-refractivity contribution in [3.8, 4) is 0 Å². The van der Waals surface area contributed by atoms with E-state index in [0.717, 1.165) is 89.9 Å². The maximum Gasteiger partial charge on any atom is 0.306 e. The highest BCUT2D eigenvalue weighted by molar-refractivity contribution is 5.70. The lowest BCUT2D eigenvalue weighted by molar-refractivity contribution is -0.163. The van der Waals surface area contributed by atoms with Crippen LogP contribution in [0.15, 0.2) is 72.9 Å². The molecule has 0 aliphatic rings. The van der Waals surface area contributed by atoms with Crippen molar-refractivity contribution in [2.24, 2.45) is 0 Å². The maximum absolute atomic E-state index is 12.9. The van der Waals surface area contributed by atoms with E-state index in [4.69, 9.17) is 14.2 Å². The quantitative estimate of drug-likeness (QED) is 0.0345. The van der Waals surface area contributed by atoms with Gasteiger partial charge in [0.1, 0.15) is 6.61 Å². The fourth-order valence-corrected chi connectivity index (χ4v) is 8.78. The molecule has 0 spiro atoms. The number of allylic oxidation sites excluding steroid dienone is 12. The van der Waals surface area contributed by atoms with Gasteiger partial charge >= 0.3 is 11.9 Å². The fraction of sp³-hybridized carbons (Fsp3) is 0.785. The van der Waals surface area contributed by atoms with Gasteiger partial charge in [-0.15, -0.1) is 0 Å². The minimum atomic E-state index is -0.547. The predicted molar refractivity (Wildman–Crippen MR) is 307 cm³/mol. The fourth-order valence-electron chi connectivity index (χ4n) is 8.78. The number of carbonyl (C=O) groups excluding carboxylic acids is 2. The van der Waals surface area contributed by atoms with Crippen LogP contribution in [0.25, 0.3) is 0 Å². The smallest absolute Gasteiger partial charge is 0.306 e. The van der Waals surface area contributed by atoms with Crippen molar-refractivity contribution < 1.29 is 23.8 Å². The zero-order valence-electron chi connectivity index (χ0n) is 46.8. The van der Waals surface area contributed by atoms with Crippen LogP contribution in [0, 0.1) is 0 Å². The third-order valence-electron chi connectivity index (χ3n) is 13.2. The molecule has 0 aromatic carbocycles. The van der Waals surface area contributed by atoms with Crippen LogP contribution < -0.4 is 0 Å². The Labute approximate surface area is 436 Å². The van der Waals surface area contributed by atoms with Crippen molar-refractivity contribution in [3.63, 3.8) is 0 Å². The number of rotatable bonds is 56. The van der Waals surface area contributed by atoms with Crippen LogP contribution in [0.1, 0.15) is 303 Å². The first kappa shape index (κ1) is 67.3. The van der Waals surface area contributed by atoms with Crippen LogP contribution in [0.2, 0.25) is 0 Å². The first-order valence-electron chi connectivity index (χ1n) is 30.5. The summed E-state index contributed by atoms with van der Waals surface area (Å²) in [6, 6.07) is 0. The van der Waals surface area contributed by atoms with Gasteiger partial charge in [0.05, 0.1) is 6.61 Å². The van der Waals surface area contributed by atoms with E-state index in [0.29, 0.717) is 19.4 Å². The summed E-state index contributed by atoms with van der Waals surface area (Å²) in [5.41, 5.74) is 0. The van der Waals surface area contributed by atoms with E-state index < -0.39 is 6.10 Å². The molecule has 0 saturated heterocycles. The van der Waals surface area contributed by atoms with E-state index >= 15 is 0 Å². The first-order chi connectivity index (χ1) is 34.6. The van der Waals surface area contributed by atoms with E-state index in [1.807, 2.05) is 0 Å². The number of ether oxygens (including phenoxy) is 3. The van der Waals surface area contributed by atoms with Gasteiger partial charge in [-0.1, -0.05) is 280 Å². The van der Waals surface area contributed by atoms with Gasteiger partial charge in [-0.25, -0.2) is 0 Å². The van der Waals surface area contributed by atoms with E-state index in [-0.39, 0.29) is 25.2 Å². The Morgan fingerprint density at radius 2 is 0.643 bits per heavy atom. The van der Waals surface area contributed by atoms with Crippen LogP contribution in [0.3, 0.4) is 0 Å². The largest absolute Gasteiger partial charge is 0.462 e. The van der Waals surface area contributed by atoms with Gasteiger partial charge in [-0.05, 0) is 83.5 Å². The van der Waals surface area contributed by atoms with E-state index in [1.54, 1.807) is 0 Å². The SMILES string of the molecule is CC/C=C\C/C=C\C/C=C\CCCCCCCCCCOCC(COC(=O)CCCCCCCCCCCCCCCCCCCCC)OC(=O)CCCCCCCCC/C=C\C/C=C\C/C=C\CC. The molecule has 0 fully saturated rings. The Morgan fingerprint density at radius 1 is 0.329 bits per heavy atom. The molecule has 0 aliphatic heterocycles. The molecule has 1 unspecified atom stereocenters. The number of carbonyl (C=O) groups is 2. The second kappa shape index (κ2) is 60.6. The van der Waals surface area contributed by atoms with Gasteiger partial charge in [-0.2, -0.15) is 0 Å². The zero-order chi connectivity index (χ0) is 50.6. The standard InChI is InChI=1S/C65H116O5/c1-4-7-10-13-16-19-22-25-28-31-33-35-37-40-43-46-49-52-55-58-64(66)69-62-63(61-68-60-57-54-51-48-45-42-39-36-32-29-26-23-20-17-14-11-8-5-2)70-65(67)59-56-53-50-47-44-41-38-34-30-27-24-21-18-15-12-9-6-3/h8-9,11-12,17-18,20-21,26-27,29-30,63H,4-7,10,13-16,19,22-25,28,31-62H2,1-3H3/b11-8-,12-9-,20-17-,21-18-,29-26-,30-27-. The second-order valence-corrected chi connectivity index (χ2v) is 20.2. The van der Waals surface area contributed by atoms with Crippen molar-refractivity contribution in [1.82, 2.24) is 0 Å². The minimum absolute atomic E-state index is 0.0794. The Kier molecular flexibility index (Phi) is 58.3. The van der Waals surface area contributed by atoms with Gasteiger partial charge in [0, 0.05) is 19.4 Å². The summed E-state index contributed by atoms with van der Waals surface area (Å²) in [6.07, 6.45) is 79.3. The molecule has 70 heavy (non-hydrogen) atoms. The summed E-state index contributed by atoms with van der Waals surface area (Å²) >= 11 is 0. The lowest BCUT2D eigenvalue weighted by Crippen LogP contribution is -2.30. The number of hydrogen-bond donors (Lipinski definition) is 0. The molecule has 0 heterocycles. The van der Waals surface area contributed by atoms with Crippen molar-refractivity contribution in [2.75, 3.05) is 19.8 Å². The van der Waals surface area contributed by atoms with Crippen molar-refractivity contribution in [2.45, 2.75) is 309 Å². The van der Waals surface area contributed by atoms with Gasteiger partial charge in [0.2, 0.25) is 0 Å². The molecule has 0 aliphatic carbocycles. The normalized spacial score (nSPS) is 12.7. The van der Waals surface area contributed by atoms with Crippen LogP contribution in [-0.4, -0.2) is 37.9 Å². The molecule has 0 aromatic rings. The molecule has 1 atom stereocenters. The molecule has 0 amide bonds. The highest BCUT2D eigenvalue weighted by Gasteiger charge is 2.17. The average molecular weight is 978 g/mol. The third-order valence-corrected chi connectivity index (χ3v) is 13.2. The molecule has 0 aromatic heterocycles. The molecule has 406 valence electrons. The van der Waals surface area contributed by atoms with Gasteiger partial charge < -0.3 is 14.2 Å². The third kappa shape index (κ3) is 57.9. The summed E-state index contributed by atoms with van der Waals surface area (Å²) in [7, 11) is 0. The highest BCUT2D eigenvalue weighted by Crippen LogP contribution is 2.17. The summed E-state index contributed by atoms with van der Waals surface area (Å²) in [5, 5.41) is 0. The molecule has 0 saturated carbocycles. The van der Waals surface area contributed by atoms with Crippen LogP contribution in [-0.2, 0) is 23.8 Å². The Bertz CT molecular complexity index is 1240. The van der Waals surface area contributed by atoms with Crippen LogP contribution >= 0.6 is 0 Å². The second-order valence-electron chi connectivity index (χ2n) is 20.2. The molecular formula is C65H116O5. The molecule has 0 bridgehead atoms. The summed E-state index contributed by atoms with van der Waals surface area (Å²) in [6.45, 7) is 7.63. The predicted octanol–water partition coefficient (Wildman–Crippen LogP) is 21.0. The van der Waals surface area contributed by atoms with Gasteiger partial charge in [-0.3, -0.25) is 9.59 Å². The molecule has 5 nitrogen and oxygen atoms in total. The van der Waals surface area contributed by atoms with Crippen molar-refractivity contribution in [1.29, 1.82) is 0 Å². The average Bonchev–Trinajstić information content (AvgIpc) is 3.36. The van der Waals surface area contributed by atoms with Crippen molar-refractivity contribution in [3.05, 3.63) is 72.9 Å². The summed E-state index contributed by atoms with van der Waals surface area (Å²) in [4.78, 5) is 25.6. The number of esters is 2. The Morgan fingerprint density at radius 3 is 1.03 bits per heavy atom. The summed E-state index contributed by atoms with van der Waals surface area (Å²) < 4.78 is 17.5.